The van der Waals surface area contributed by atoms with Crippen LogP contribution in [0.4, 0.5) is 5.13 Å². The number of aryl methyl sites for hydroxylation is 2. The molecule has 128 valence electrons. The molecular formula is C19H24N2O2S. The highest BCUT2D eigenvalue weighted by Crippen LogP contribution is 2.43. The van der Waals surface area contributed by atoms with Crippen LogP contribution in [0.15, 0.2) is 18.2 Å². The second-order valence-corrected chi connectivity index (χ2v) is 7.59. The Morgan fingerprint density at radius 2 is 2.00 bits per heavy atom. The molecule has 4 rings (SSSR count). The van der Waals surface area contributed by atoms with Gasteiger partial charge in [0.25, 0.3) is 0 Å². The molecule has 1 fully saturated rings. The fourth-order valence-corrected chi connectivity index (χ4v) is 5.10. The SMILES string of the molecule is COc1ccc(C2CCCN2c2nc3c(s2)CCCC3)c(OC)c1. The summed E-state index contributed by atoms with van der Waals surface area (Å²) in [5, 5.41) is 1.20. The van der Waals surface area contributed by atoms with E-state index in [2.05, 4.69) is 11.0 Å². The van der Waals surface area contributed by atoms with Gasteiger partial charge >= 0.3 is 0 Å². The largest absolute Gasteiger partial charge is 0.497 e. The molecule has 0 spiro atoms. The Labute approximate surface area is 147 Å². The van der Waals surface area contributed by atoms with Crippen LogP contribution >= 0.6 is 11.3 Å². The highest BCUT2D eigenvalue weighted by Gasteiger charge is 2.31. The predicted octanol–water partition coefficient (Wildman–Crippen LogP) is 4.38. The van der Waals surface area contributed by atoms with Gasteiger partial charge in [0.05, 0.1) is 26.0 Å². The molecule has 1 aromatic carbocycles. The van der Waals surface area contributed by atoms with Crippen molar-refractivity contribution in [1.29, 1.82) is 0 Å². The molecule has 2 heterocycles. The average molecular weight is 344 g/mol. The first-order valence-electron chi connectivity index (χ1n) is 8.77. The Balaban J connectivity index is 1.66. The van der Waals surface area contributed by atoms with Crippen LogP contribution in [0.25, 0.3) is 0 Å². The Hall–Kier alpha value is -1.75. The summed E-state index contributed by atoms with van der Waals surface area (Å²) in [4.78, 5) is 8.96. The normalized spacial score (nSPS) is 20.1. The molecule has 2 aromatic rings. The van der Waals surface area contributed by atoms with Crippen LogP contribution in [-0.2, 0) is 12.8 Å². The molecule has 0 radical (unpaired) electrons. The van der Waals surface area contributed by atoms with Crippen LogP contribution in [0.2, 0.25) is 0 Å². The highest BCUT2D eigenvalue weighted by molar-refractivity contribution is 7.15. The van der Waals surface area contributed by atoms with E-state index in [4.69, 9.17) is 14.5 Å². The summed E-state index contributed by atoms with van der Waals surface area (Å²) in [6.45, 7) is 1.08. The number of hydrogen-bond donors (Lipinski definition) is 0. The molecule has 1 aliphatic heterocycles. The number of benzene rings is 1. The average Bonchev–Trinajstić information content (AvgIpc) is 3.27. The van der Waals surface area contributed by atoms with E-state index < -0.39 is 0 Å². The number of rotatable bonds is 4. The summed E-state index contributed by atoms with van der Waals surface area (Å²) in [6.07, 6.45) is 7.29. The summed E-state index contributed by atoms with van der Waals surface area (Å²) in [7, 11) is 3.43. The van der Waals surface area contributed by atoms with Crippen molar-refractivity contribution in [3.8, 4) is 11.5 Å². The maximum atomic E-state index is 5.64. The fourth-order valence-electron chi connectivity index (χ4n) is 3.87. The highest BCUT2D eigenvalue weighted by atomic mass is 32.1. The van der Waals surface area contributed by atoms with Gasteiger partial charge in [0, 0.05) is 23.1 Å². The van der Waals surface area contributed by atoms with E-state index >= 15 is 0 Å². The van der Waals surface area contributed by atoms with Crippen LogP contribution in [-0.4, -0.2) is 25.7 Å². The fraction of sp³-hybridized carbons (Fsp3) is 0.526. The molecule has 1 saturated heterocycles. The van der Waals surface area contributed by atoms with E-state index in [0.717, 1.165) is 30.9 Å². The van der Waals surface area contributed by atoms with Crippen molar-refractivity contribution in [2.45, 2.75) is 44.6 Å². The van der Waals surface area contributed by atoms with E-state index in [0.29, 0.717) is 6.04 Å². The molecule has 0 amide bonds. The summed E-state index contributed by atoms with van der Waals surface area (Å²) < 4.78 is 11.0. The number of methoxy groups -OCH3 is 2. The van der Waals surface area contributed by atoms with Crippen molar-refractivity contribution in [1.82, 2.24) is 4.98 Å². The van der Waals surface area contributed by atoms with E-state index in [-0.39, 0.29) is 0 Å². The zero-order chi connectivity index (χ0) is 16.5. The first kappa shape index (κ1) is 15.8. The summed E-state index contributed by atoms with van der Waals surface area (Å²) in [5.74, 6) is 1.75. The van der Waals surface area contributed by atoms with Gasteiger partial charge in [0.1, 0.15) is 11.5 Å². The van der Waals surface area contributed by atoms with E-state index in [1.807, 2.05) is 23.5 Å². The lowest BCUT2D eigenvalue weighted by Gasteiger charge is -2.26. The third kappa shape index (κ3) is 2.75. The van der Waals surface area contributed by atoms with Crippen molar-refractivity contribution in [2.24, 2.45) is 0 Å². The lowest BCUT2D eigenvalue weighted by Crippen LogP contribution is -2.22. The van der Waals surface area contributed by atoms with Gasteiger partial charge in [-0.05, 0) is 50.7 Å². The maximum Gasteiger partial charge on any atom is 0.186 e. The first-order valence-corrected chi connectivity index (χ1v) is 9.59. The van der Waals surface area contributed by atoms with E-state index in [1.165, 1.54) is 46.9 Å². The van der Waals surface area contributed by atoms with Gasteiger partial charge in [0.2, 0.25) is 0 Å². The zero-order valence-corrected chi connectivity index (χ0v) is 15.2. The van der Waals surface area contributed by atoms with Crippen molar-refractivity contribution >= 4 is 16.5 Å². The predicted molar refractivity (Wildman–Crippen MR) is 97.6 cm³/mol. The van der Waals surface area contributed by atoms with Gasteiger partial charge in [-0.2, -0.15) is 0 Å². The molecule has 0 N–H and O–H groups in total. The van der Waals surface area contributed by atoms with Gasteiger partial charge in [-0.3, -0.25) is 0 Å². The van der Waals surface area contributed by atoms with Crippen molar-refractivity contribution in [3.05, 3.63) is 34.3 Å². The molecule has 24 heavy (non-hydrogen) atoms. The standard InChI is InChI=1S/C19H24N2O2S/c1-22-13-9-10-14(17(12-13)23-2)16-7-5-11-21(16)19-20-15-6-3-4-8-18(15)24-19/h9-10,12,16H,3-8,11H2,1-2H3. The number of thiazole rings is 1. The minimum atomic E-state index is 0.346. The van der Waals surface area contributed by atoms with Gasteiger partial charge in [-0.15, -0.1) is 11.3 Å². The van der Waals surface area contributed by atoms with Crippen LogP contribution in [0.1, 0.15) is 47.9 Å². The monoisotopic (exact) mass is 344 g/mol. The topological polar surface area (TPSA) is 34.6 Å². The van der Waals surface area contributed by atoms with Crippen LogP contribution in [0.5, 0.6) is 11.5 Å². The quantitative estimate of drug-likeness (QED) is 0.824. The third-order valence-corrected chi connectivity index (χ3v) is 6.33. The van der Waals surface area contributed by atoms with E-state index in [1.54, 1.807) is 14.2 Å². The third-order valence-electron chi connectivity index (χ3n) is 5.13. The summed E-state index contributed by atoms with van der Waals surface area (Å²) in [6, 6.07) is 6.51. The summed E-state index contributed by atoms with van der Waals surface area (Å²) in [5.41, 5.74) is 2.58. The lowest BCUT2D eigenvalue weighted by molar-refractivity contribution is 0.388. The lowest BCUT2D eigenvalue weighted by atomic mass is 10.0. The second kappa shape index (κ2) is 6.63. The molecule has 0 saturated carbocycles. The van der Waals surface area contributed by atoms with Gasteiger partial charge in [-0.1, -0.05) is 0 Å². The van der Waals surface area contributed by atoms with Crippen molar-refractivity contribution in [2.75, 3.05) is 25.7 Å². The Bertz CT molecular complexity index is 705. The molecule has 1 unspecified atom stereocenters. The number of fused-ring (bicyclic) bond motifs is 1. The minimum Gasteiger partial charge on any atom is -0.497 e. The number of anilines is 1. The van der Waals surface area contributed by atoms with Gasteiger partial charge < -0.3 is 14.4 Å². The maximum absolute atomic E-state index is 5.64. The number of nitrogens with zero attached hydrogens (tertiary/aromatic N) is 2. The Morgan fingerprint density at radius 3 is 2.79 bits per heavy atom. The molecule has 5 heteroatoms. The van der Waals surface area contributed by atoms with Gasteiger partial charge in [0.15, 0.2) is 5.13 Å². The molecule has 0 bridgehead atoms. The molecule has 4 nitrogen and oxygen atoms in total. The first-order chi connectivity index (χ1) is 11.8. The minimum absolute atomic E-state index is 0.346. The molecule has 1 atom stereocenters. The second-order valence-electron chi connectivity index (χ2n) is 6.53. The smallest absolute Gasteiger partial charge is 0.186 e. The van der Waals surface area contributed by atoms with Crippen molar-refractivity contribution in [3.63, 3.8) is 0 Å². The van der Waals surface area contributed by atoms with Gasteiger partial charge in [-0.25, -0.2) is 4.98 Å². The molecule has 1 aromatic heterocycles. The molecule has 2 aliphatic rings. The van der Waals surface area contributed by atoms with Crippen molar-refractivity contribution < 1.29 is 9.47 Å². The zero-order valence-electron chi connectivity index (χ0n) is 14.4. The van der Waals surface area contributed by atoms with Crippen LogP contribution < -0.4 is 14.4 Å². The molecule has 1 aliphatic carbocycles. The number of ether oxygens (including phenoxy) is 2. The summed E-state index contributed by atoms with van der Waals surface area (Å²) >= 11 is 1.90. The number of hydrogen-bond acceptors (Lipinski definition) is 5. The Morgan fingerprint density at radius 1 is 1.12 bits per heavy atom. The van der Waals surface area contributed by atoms with Crippen LogP contribution in [0, 0.1) is 0 Å². The number of aromatic nitrogens is 1. The molecular weight excluding hydrogens is 320 g/mol. The van der Waals surface area contributed by atoms with E-state index in [9.17, 15) is 0 Å². The van der Waals surface area contributed by atoms with Crippen LogP contribution in [0.3, 0.4) is 0 Å². The Kier molecular flexibility index (Phi) is 4.35.